The molecule has 2 aromatic carbocycles. The summed E-state index contributed by atoms with van der Waals surface area (Å²) in [5, 5.41) is 11.9. The number of ether oxygens (including phenoxy) is 1. The lowest BCUT2D eigenvalue weighted by atomic mass is 9.95. The third kappa shape index (κ3) is 5.34. The third-order valence-electron chi connectivity index (χ3n) is 5.55. The van der Waals surface area contributed by atoms with Gasteiger partial charge in [0.2, 0.25) is 0 Å². The molecule has 1 N–H and O–H groups in total. The number of carbonyl (C=O) groups excluding carboxylic acids is 2. The normalized spacial score (nSPS) is 17.3. The quantitative estimate of drug-likeness (QED) is 0.238. The molecule has 1 aliphatic heterocycles. The first-order valence-corrected chi connectivity index (χ1v) is 11.9. The van der Waals surface area contributed by atoms with Crippen molar-refractivity contribution in [2.75, 3.05) is 6.61 Å². The number of pyridine rings is 1. The molecule has 1 amide bonds. The fourth-order valence-electron chi connectivity index (χ4n) is 3.89. The maximum absolute atomic E-state index is 13.2. The van der Waals surface area contributed by atoms with Crippen LogP contribution in [0.3, 0.4) is 0 Å². The number of benzene rings is 2. The van der Waals surface area contributed by atoms with Gasteiger partial charge in [0, 0.05) is 11.8 Å². The lowest BCUT2D eigenvalue weighted by molar-refractivity contribution is -0.140. The summed E-state index contributed by atoms with van der Waals surface area (Å²) in [6.45, 7) is 4.64. The van der Waals surface area contributed by atoms with Crippen molar-refractivity contribution in [2.45, 2.75) is 26.4 Å². The second-order valence-electron chi connectivity index (χ2n) is 8.65. The molecule has 1 unspecified atom stereocenters. The van der Waals surface area contributed by atoms with E-state index in [4.69, 9.17) is 27.9 Å². The topological polar surface area (TPSA) is 79.7 Å². The molecule has 1 saturated heterocycles. The number of hydrogen-bond donors (Lipinski definition) is 1. The van der Waals surface area contributed by atoms with Crippen LogP contribution >= 0.6 is 23.2 Å². The van der Waals surface area contributed by atoms with Gasteiger partial charge in [-0.05, 0) is 47.9 Å². The summed E-state index contributed by atoms with van der Waals surface area (Å²) in [7, 11) is 0. The van der Waals surface area contributed by atoms with Gasteiger partial charge in [-0.2, -0.15) is 0 Å². The molecule has 1 aliphatic rings. The average Bonchev–Trinajstić information content (AvgIpc) is 3.09. The van der Waals surface area contributed by atoms with E-state index in [2.05, 4.69) is 4.98 Å². The fraction of sp³-hybridized carbons (Fsp3) is 0.222. The van der Waals surface area contributed by atoms with Crippen LogP contribution < -0.4 is 4.74 Å². The van der Waals surface area contributed by atoms with Crippen LogP contribution in [0.4, 0.5) is 0 Å². The van der Waals surface area contributed by atoms with Crippen LogP contribution in [0.25, 0.3) is 5.76 Å². The Kier molecular flexibility index (Phi) is 7.43. The molecule has 0 radical (unpaired) electrons. The standard InChI is InChI=1S/C27H24Cl2N2O4/c1-16(2)15-35-20-8-5-6-18(12-20)25(32)23-24(17-9-10-21(28)22(29)13-17)31(27(34)26(23)33)14-19-7-3-4-11-30-19/h3-13,16,24,32H,14-15H2,1-2H3/b25-23-. The van der Waals surface area contributed by atoms with E-state index in [1.54, 1.807) is 66.9 Å². The van der Waals surface area contributed by atoms with Gasteiger partial charge in [-0.3, -0.25) is 14.6 Å². The molecule has 0 saturated carbocycles. The van der Waals surface area contributed by atoms with Gasteiger partial charge in [0.1, 0.15) is 11.5 Å². The number of aromatic nitrogens is 1. The largest absolute Gasteiger partial charge is 0.507 e. The average molecular weight is 511 g/mol. The molecule has 4 rings (SSSR count). The van der Waals surface area contributed by atoms with Crippen molar-refractivity contribution in [1.29, 1.82) is 0 Å². The van der Waals surface area contributed by atoms with E-state index in [1.807, 2.05) is 13.8 Å². The van der Waals surface area contributed by atoms with Gasteiger partial charge in [0.15, 0.2) is 0 Å². The highest BCUT2D eigenvalue weighted by molar-refractivity contribution is 6.46. The summed E-state index contributed by atoms with van der Waals surface area (Å²) in [6.07, 6.45) is 1.61. The van der Waals surface area contributed by atoms with E-state index >= 15 is 0 Å². The van der Waals surface area contributed by atoms with E-state index in [9.17, 15) is 14.7 Å². The Labute approximate surface area is 213 Å². The molecule has 3 aromatic rings. The van der Waals surface area contributed by atoms with Crippen LogP contribution in [-0.4, -0.2) is 33.3 Å². The van der Waals surface area contributed by atoms with Crippen molar-refractivity contribution in [3.05, 3.63) is 99.3 Å². The van der Waals surface area contributed by atoms with Gasteiger partial charge >= 0.3 is 0 Å². The first-order valence-electron chi connectivity index (χ1n) is 11.1. The zero-order valence-corrected chi connectivity index (χ0v) is 20.8. The van der Waals surface area contributed by atoms with Crippen molar-refractivity contribution in [3.63, 3.8) is 0 Å². The molecule has 0 aliphatic carbocycles. The maximum atomic E-state index is 13.2. The van der Waals surface area contributed by atoms with Gasteiger partial charge < -0.3 is 14.7 Å². The fourth-order valence-corrected chi connectivity index (χ4v) is 4.20. The van der Waals surface area contributed by atoms with Crippen molar-refractivity contribution in [2.24, 2.45) is 5.92 Å². The molecule has 2 heterocycles. The molecule has 0 spiro atoms. The van der Waals surface area contributed by atoms with Crippen LogP contribution in [0, 0.1) is 5.92 Å². The summed E-state index contributed by atoms with van der Waals surface area (Å²) < 4.78 is 5.77. The minimum absolute atomic E-state index is 0.0367. The Bertz CT molecular complexity index is 1290. The van der Waals surface area contributed by atoms with Gasteiger partial charge in [-0.1, -0.05) is 61.3 Å². The van der Waals surface area contributed by atoms with Crippen molar-refractivity contribution >= 4 is 40.7 Å². The molecule has 1 aromatic heterocycles. The van der Waals surface area contributed by atoms with Crippen LogP contribution in [0.2, 0.25) is 10.0 Å². The molecular formula is C27H24Cl2N2O4. The highest BCUT2D eigenvalue weighted by Gasteiger charge is 2.46. The second kappa shape index (κ2) is 10.5. The minimum atomic E-state index is -0.882. The van der Waals surface area contributed by atoms with Gasteiger partial charge in [-0.25, -0.2) is 0 Å². The lowest BCUT2D eigenvalue weighted by Crippen LogP contribution is -2.29. The number of ketones is 1. The number of nitrogens with zero attached hydrogens (tertiary/aromatic N) is 2. The predicted molar refractivity (Wildman–Crippen MR) is 135 cm³/mol. The Balaban J connectivity index is 1.82. The van der Waals surface area contributed by atoms with Gasteiger partial charge in [0.05, 0.1) is 40.5 Å². The number of halogens is 2. The molecule has 35 heavy (non-hydrogen) atoms. The summed E-state index contributed by atoms with van der Waals surface area (Å²) in [4.78, 5) is 32.1. The number of aliphatic hydroxyl groups excluding tert-OH is 1. The number of carbonyl (C=O) groups is 2. The first kappa shape index (κ1) is 24.8. The van der Waals surface area contributed by atoms with E-state index in [0.29, 0.717) is 40.1 Å². The minimum Gasteiger partial charge on any atom is -0.507 e. The zero-order valence-electron chi connectivity index (χ0n) is 19.2. The van der Waals surface area contributed by atoms with Crippen LogP contribution in [-0.2, 0) is 16.1 Å². The van der Waals surface area contributed by atoms with Crippen LogP contribution in [0.1, 0.15) is 36.7 Å². The Morgan fingerprint density at radius 2 is 1.86 bits per heavy atom. The monoisotopic (exact) mass is 510 g/mol. The Hall–Kier alpha value is -3.35. The highest BCUT2D eigenvalue weighted by Crippen LogP contribution is 2.41. The van der Waals surface area contributed by atoms with E-state index in [-0.39, 0.29) is 22.9 Å². The molecule has 180 valence electrons. The van der Waals surface area contributed by atoms with E-state index in [0.717, 1.165) is 0 Å². The Morgan fingerprint density at radius 3 is 2.54 bits per heavy atom. The third-order valence-corrected chi connectivity index (χ3v) is 6.29. The first-order chi connectivity index (χ1) is 16.8. The summed E-state index contributed by atoms with van der Waals surface area (Å²) in [5.41, 5.74) is 1.48. The molecule has 6 nitrogen and oxygen atoms in total. The van der Waals surface area contributed by atoms with Crippen molar-refractivity contribution in [3.8, 4) is 5.75 Å². The lowest BCUT2D eigenvalue weighted by Gasteiger charge is -2.25. The van der Waals surface area contributed by atoms with E-state index in [1.165, 1.54) is 4.90 Å². The van der Waals surface area contributed by atoms with Crippen molar-refractivity contribution < 1.29 is 19.4 Å². The SMILES string of the molecule is CC(C)COc1cccc(/C(O)=C2/C(=O)C(=O)N(Cc3ccccn3)C2c2ccc(Cl)c(Cl)c2)c1. The second-order valence-corrected chi connectivity index (χ2v) is 9.47. The molecule has 8 heteroatoms. The number of likely N-dealkylation sites (tertiary alicyclic amines) is 1. The van der Waals surface area contributed by atoms with Crippen LogP contribution in [0.5, 0.6) is 5.75 Å². The number of Topliss-reactive ketones (excluding diaryl/α,β-unsaturated/α-hetero) is 1. The molecule has 0 bridgehead atoms. The molecule has 1 atom stereocenters. The summed E-state index contributed by atoms with van der Waals surface area (Å²) in [5.74, 6) is -0.947. The summed E-state index contributed by atoms with van der Waals surface area (Å²) in [6, 6.07) is 16.1. The van der Waals surface area contributed by atoms with Crippen LogP contribution in [0.15, 0.2) is 72.4 Å². The smallest absolute Gasteiger partial charge is 0.296 e. The maximum Gasteiger partial charge on any atom is 0.296 e. The number of aliphatic hydroxyl groups is 1. The number of hydrogen-bond acceptors (Lipinski definition) is 5. The Morgan fingerprint density at radius 1 is 1.06 bits per heavy atom. The van der Waals surface area contributed by atoms with E-state index < -0.39 is 17.7 Å². The molecule has 1 fully saturated rings. The summed E-state index contributed by atoms with van der Waals surface area (Å²) >= 11 is 12.4. The van der Waals surface area contributed by atoms with Gasteiger partial charge in [0.25, 0.3) is 11.7 Å². The predicted octanol–water partition coefficient (Wildman–Crippen LogP) is 6.05. The van der Waals surface area contributed by atoms with Gasteiger partial charge in [-0.15, -0.1) is 0 Å². The highest BCUT2D eigenvalue weighted by atomic mass is 35.5. The number of rotatable bonds is 7. The van der Waals surface area contributed by atoms with Crippen molar-refractivity contribution in [1.82, 2.24) is 9.88 Å². The zero-order chi connectivity index (χ0) is 25.1. The molecular weight excluding hydrogens is 487 g/mol. The number of amides is 1.